The van der Waals surface area contributed by atoms with Gasteiger partial charge in [0.2, 0.25) is 5.91 Å². The van der Waals surface area contributed by atoms with Crippen LogP contribution in [0.2, 0.25) is 0 Å². The van der Waals surface area contributed by atoms with E-state index in [1.54, 1.807) is 41.9 Å². The molecular weight excluding hydrogens is 435 g/mol. The lowest BCUT2D eigenvalue weighted by Crippen LogP contribution is -2.33. The molecule has 188 valence electrons. The second-order valence-electron chi connectivity index (χ2n) is 7.21. The second-order valence-corrected chi connectivity index (χ2v) is 9.53. The molecule has 32 heavy (non-hydrogen) atoms. The zero-order chi connectivity index (χ0) is 26.1. The summed E-state index contributed by atoms with van der Waals surface area (Å²) in [6, 6.07) is 3.93. The van der Waals surface area contributed by atoms with Gasteiger partial charge in [-0.15, -0.1) is 0 Å². The van der Waals surface area contributed by atoms with Gasteiger partial charge in [-0.1, -0.05) is 41.5 Å². The number of amides is 1. The number of halogens is 1. The van der Waals surface area contributed by atoms with Crippen LogP contribution in [0.25, 0.3) is 0 Å². The largest absolute Gasteiger partial charge is 0.400 e. The van der Waals surface area contributed by atoms with Gasteiger partial charge in [0, 0.05) is 50.1 Å². The summed E-state index contributed by atoms with van der Waals surface area (Å²) in [5.41, 5.74) is -0.0851. The summed E-state index contributed by atoms with van der Waals surface area (Å²) >= 11 is 0. The van der Waals surface area contributed by atoms with E-state index >= 15 is 0 Å². The molecule has 0 saturated heterocycles. The van der Waals surface area contributed by atoms with Crippen molar-refractivity contribution in [1.29, 1.82) is 5.41 Å². The van der Waals surface area contributed by atoms with Crippen molar-refractivity contribution >= 4 is 27.1 Å². The first kappa shape index (κ1) is 34.8. The fourth-order valence-electron chi connectivity index (χ4n) is 2.57. The van der Waals surface area contributed by atoms with Crippen molar-refractivity contribution in [3.63, 3.8) is 0 Å². The Labute approximate surface area is 194 Å². The van der Waals surface area contributed by atoms with Crippen molar-refractivity contribution in [2.45, 2.75) is 66.6 Å². The molecular formula is C23H43FN2O5S. The molecule has 9 heteroatoms. The van der Waals surface area contributed by atoms with E-state index < -0.39 is 26.3 Å². The van der Waals surface area contributed by atoms with Crippen molar-refractivity contribution in [1.82, 2.24) is 0 Å². The van der Waals surface area contributed by atoms with Gasteiger partial charge in [-0.25, -0.2) is 12.8 Å². The van der Waals surface area contributed by atoms with E-state index in [0.29, 0.717) is 17.8 Å². The number of rotatable bonds is 8. The fourth-order valence-corrected chi connectivity index (χ4v) is 4.57. The number of hydrogen-bond donors (Lipinski definition) is 3. The topological polar surface area (TPSA) is 117 Å². The van der Waals surface area contributed by atoms with Crippen LogP contribution in [-0.2, 0) is 19.4 Å². The van der Waals surface area contributed by atoms with E-state index in [4.69, 9.17) is 10.5 Å². The number of methoxy groups -OCH3 is 1. The van der Waals surface area contributed by atoms with Crippen LogP contribution in [0, 0.1) is 16.6 Å². The van der Waals surface area contributed by atoms with Crippen molar-refractivity contribution in [3.8, 4) is 0 Å². The normalized spacial score (nSPS) is 11.4. The molecule has 0 saturated carbocycles. The Morgan fingerprint density at radius 1 is 1.19 bits per heavy atom. The lowest BCUT2D eigenvalue weighted by Gasteiger charge is -2.27. The molecule has 0 aliphatic rings. The Balaban J connectivity index is -0.00000108. The van der Waals surface area contributed by atoms with Gasteiger partial charge in [-0.05, 0) is 31.5 Å². The summed E-state index contributed by atoms with van der Waals surface area (Å²) in [6.07, 6.45) is 0.734. The number of sulfone groups is 1. The van der Waals surface area contributed by atoms with Crippen molar-refractivity contribution < 1.29 is 27.4 Å². The SMILES string of the molecule is CC.CCC(=N)C(C)(C)CS(=O)(=O)C(C)c1cc(NC(=O)CC)ccc1F.CO.COC. The van der Waals surface area contributed by atoms with Crippen molar-refractivity contribution in [2.24, 2.45) is 5.41 Å². The molecule has 3 N–H and O–H groups in total. The first-order valence-electron chi connectivity index (χ1n) is 10.6. The molecule has 0 radical (unpaired) electrons. The minimum Gasteiger partial charge on any atom is -0.400 e. The fraction of sp³-hybridized carbons (Fsp3) is 0.652. The maximum absolute atomic E-state index is 14.2. The van der Waals surface area contributed by atoms with Gasteiger partial charge in [0.05, 0.1) is 11.0 Å². The number of benzene rings is 1. The third-order valence-corrected chi connectivity index (χ3v) is 6.77. The smallest absolute Gasteiger partial charge is 0.224 e. The van der Waals surface area contributed by atoms with Gasteiger partial charge < -0.3 is 20.6 Å². The molecule has 0 aliphatic heterocycles. The van der Waals surface area contributed by atoms with Crippen LogP contribution in [0.5, 0.6) is 0 Å². The van der Waals surface area contributed by atoms with Gasteiger partial charge in [-0.2, -0.15) is 0 Å². The van der Waals surface area contributed by atoms with Gasteiger partial charge in [0.25, 0.3) is 0 Å². The van der Waals surface area contributed by atoms with E-state index in [2.05, 4.69) is 10.1 Å². The number of aliphatic hydroxyl groups excluding tert-OH is 1. The molecule has 0 spiro atoms. The zero-order valence-corrected chi connectivity index (χ0v) is 22.1. The van der Waals surface area contributed by atoms with Crippen LogP contribution in [0.1, 0.15) is 72.1 Å². The van der Waals surface area contributed by atoms with Crippen molar-refractivity contribution in [2.75, 3.05) is 32.4 Å². The highest BCUT2D eigenvalue weighted by molar-refractivity contribution is 7.91. The highest BCUT2D eigenvalue weighted by Crippen LogP contribution is 2.32. The summed E-state index contributed by atoms with van der Waals surface area (Å²) in [7, 11) is 0.557. The molecule has 0 aromatic heterocycles. The summed E-state index contributed by atoms with van der Waals surface area (Å²) in [4.78, 5) is 11.5. The maximum Gasteiger partial charge on any atom is 0.224 e. The lowest BCUT2D eigenvalue weighted by atomic mass is 9.88. The molecule has 1 aromatic rings. The second kappa shape index (κ2) is 17.7. The van der Waals surface area contributed by atoms with E-state index in [1.807, 2.05) is 13.8 Å². The summed E-state index contributed by atoms with van der Waals surface area (Å²) in [6.45, 7) is 12.3. The van der Waals surface area contributed by atoms with Gasteiger partial charge in [0.1, 0.15) is 5.82 Å². The van der Waals surface area contributed by atoms with Crippen LogP contribution in [0.15, 0.2) is 18.2 Å². The zero-order valence-electron chi connectivity index (χ0n) is 21.3. The average molecular weight is 479 g/mol. The number of hydrogen-bond acceptors (Lipinski definition) is 6. The van der Waals surface area contributed by atoms with E-state index in [1.165, 1.54) is 19.1 Å². The number of nitrogens with one attached hydrogen (secondary N) is 2. The maximum atomic E-state index is 14.2. The summed E-state index contributed by atoms with van der Waals surface area (Å²) in [5, 5.41) is 16.5. The van der Waals surface area contributed by atoms with Crippen LogP contribution in [-0.4, -0.2) is 52.2 Å². The molecule has 7 nitrogen and oxygen atoms in total. The van der Waals surface area contributed by atoms with Crippen LogP contribution < -0.4 is 5.32 Å². The van der Waals surface area contributed by atoms with Crippen molar-refractivity contribution in [3.05, 3.63) is 29.6 Å². The van der Waals surface area contributed by atoms with Crippen LogP contribution in [0.4, 0.5) is 10.1 Å². The predicted molar refractivity (Wildman–Crippen MR) is 132 cm³/mol. The van der Waals surface area contributed by atoms with E-state index in [-0.39, 0.29) is 23.6 Å². The van der Waals surface area contributed by atoms with Gasteiger partial charge in [0.15, 0.2) is 9.84 Å². The highest BCUT2D eigenvalue weighted by atomic mass is 32.2. The third-order valence-electron chi connectivity index (χ3n) is 4.31. The van der Waals surface area contributed by atoms with E-state index in [9.17, 15) is 17.6 Å². The molecule has 1 rings (SSSR count). The lowest BCUT2D eigenvalue weighted by molar-refractivity contribution is -0.115. The monoisotopic (exact) mass is 478 g/mol. The highest BCUT2D eigenvalue weighted by Gasteiger charge is 2.34. The standard InChI is InChI=1S/C18H27FN2O3S.C2H6O.C2H6.CH4O/c1-6-16(20)18(4,5)11-25(23,24)12(3)14-10-13(8-9-15(14)19)21-17(22)7-2;1-3-2;2*1-2/h8-10,12,20H,6-7,11H2,1-5H3,(H,21,22);1-2H3;1-2H3;2H,1H3. The number of anilines is 1. The minimum atomic E-state index is -3.69. The van der Waals surface area contributed by atoms with Gasteiger partial charge >= 0.3 is 0 Å². The first-order chi connectivity index (χ1) is 14.9. The summed E-state index contributed by atoms with van der Waals surface area (Å²) in [5.74, 6) is -1.10. The average Bonchev–Trinajstić information content (AvgIpc) is 2.76. The summed E-state index contributed by atoms with van der Waals surface area (Å²) < 4.78 is 44.0. The van der Waals surface area contributed by atoms with E-state index in [0.717, 1.165) is 13.2 Å². The Bertz CT molecular complexity index is 781. The number of aliphatic hydroxyl groups is 1. The number of ether oxygens (including phenoxy) is 1. The minimum absolute atomic E-state index is 0.0210. The molecule has 1 amide bonds. The Morgan fingerprint density at radius 3 is 2.06 bits per heavy atom. The number of carbonyl (C=O) groups is 1. The van der Waals surface area contributed by atoms with Crippen LogP contribution in [0.3, 0.4) is 0 Å². The Morgan fingerprint density at radius 2 is 1.66 bits per heavy atom. The molecule has 0 fully saturated rings. The first-order valence-corrected chi connectivity index (χ1v) is 12.3. The molecule has 1 atom stereocenters. The van der Waals surface area contributed by atoms with Gasteiger partial charge in [-0.3, -0.25) is 4.79 Å². The predicted octanol–water partition coefficient (Wildman–Crippen LogP) is 5.00. The van der Waals surface area contributed by atoms with Crippen LogP contribution >= 0.6 is 0 Å². The Kier molecular flexibility index (Phi) is 19.2. The molecule has 1 aromatic carbocycles. The molecule has 0 bridgehead atoms. The number of carbonyl (C=O) groups excluding carboxylic acids is 1. The quantitative estimate of drug-likeness (QED) is 0.454. The molecule has 1 unspecified atom stereocenters. The molecule has 0 heterocycles. The molecule has 0 aliphatic carbocycles. The third kappa shape index (κ3) is 12.3. The Hall–Kier alpha value is -1.84.